The van der Waals surface area contributed by atoms with Gasteiger partial charge in [-0.05, 0) is 11.6 Å². The molecule has 7 nitrogen and oxygen atoms in total. The molecule has 5 unspecified atom stereocenters. The molecule has 0 aliphatic carbocycles. The molecule has 4 N–H and O–H groups in total. The molecule has 3 rings (SSSR count). The molecule has 2 aliphatic heterocycles. The first-order chi connectivity index (χ1) is 12.0. The standard InChI is InChI=1S/C16H17NO6S2/c18-7-9-11(19)12(20)13(21)15(23-9)25-16-17-14(22)10(24-16)6-8-4-2-1-3-5-8/h1-6,9,11-13,15,18-21H,7H2/b10-6-. The van der Waals surface area contributed by atoms with Gasteiger partial charge in [-0.2, -0.15) is 4.99 Å². The van der Waals surface area contributed by atoms with Gasteiger partial charge in [-0.1, -0.05) is 53.9 Å². The fraction of sp³-hybridized carbons (Fsp3) is 0.375. The lowest BCUT2D eigenvalue weighted by atomic mass is 10.0. The highest BCUT2D eigenvalue weighted by Crippen LogP contribution is 2.38. The summed E-state index contributed by atoms with van der Waals surface area (Å²) < 4.78 is 5.78. The molecule has 1 fully saturated rings. The van der Waals surface area contributed by atoms with Crippen molar-refractivity contribution in [2.75, 3.05) is 6.61 Å². The first-order valence-electron chi connectivity index (χ1n) is 7.54. The molecule has 2 heterocycles. The lowest BCUT2D eigenvalue weighted by molar-refractivity contribution is -0.205. The molecule has 0 bridgehead atoms. The van der Waals surface area contributed by atoms with Gasteiger partial charge in [0.25, 0.3) is 5.91 Å². The smallest absolute Gasteiger partial charge is 0.285 e. The molecule has 5 atom stereocenters. The van der Waals surface area contributed by atoms with Crippen LogP contribution in [0.1, 0.15) is 5.56 Å². The van der Waals surface area contributed by atoms with Gasteiger partial charge in [-0.15, -0.1) is 0 Å². The molecule has 134 valence electrons. The topological polar surface area (TPSA) is 120 Å². The van der Waals surface area contributed by atoms with E-state index in [0.717, 1.165) is 29.1 Å². The Morgan fingerprint density at radius 2 is 1.88 bits per heavy atom. The lowest BCUT2D eigenvalue weighted by Crippen LogP contribution is -2.57. The number of aliphatic hydroxyl groups is 4. The second kappa shape index (κ2) is 8.00. The van der Waals surface area contributed by atoms with Crippen LogP contribution in [0.4, 0.5) is 0 Å². The zero-order valence-corrected chi connectivity index (χ0v) is 14.6. The number of carbonyl (C=O) groups is 1. The molecule has 0 spiro atoms. The molecule has 1 aromatic rings. The molecular weight excluding hydrogens is 366 g/mol. The quantitative estimate of drug-likeness (QED) is 0.546. The summed E-state index contributed by atoms with van der Waals surface area (Å²) >= 11 is 2.12. The highest BCUT2D eigenvalue weighted by Gasteiger charge is 2.44. The van der Waals surface area contributed by atoms with Crippen molar-refractivity contribution in [3.8, 4) is 0 Å². The van der Waals surface area contributed by atoms with Gasteiger partial charge in [0, 0.05) is 0 Å². The van der Waals surface area contributed by atoms with Gasteiger partial charge in [0.2, 0.25) is 0 Å². The number of hydrogen-bond donors (Lipinski definition) is 4. The van der Waals surface area contributed by atoms with E-state index in [4.69, 9.17) is 4.74 Å². The van der Waals surface area contributed by atoms with Gasteiger partial charge < -0.3 is 25.2 Å². The van der Waals surface area contributed by atoms with Crippen molar-refractivity contribution in [2.24, 2.45) is 4.99 Å². The predicted molar refractivity (Wildman–Crippen MR) is 95.8 cm³/mol. The third-order valence-electron chi connectivity index (χ3n) is 3.76. The van der Waals surface area contributed by atoms with E-state index < -0.39 is 36.5 Å². The fourth-order valence-electron chi connectivity index (χ4n) is 2.40. The molecule has 1 amide bonds. The van der Waals surface area contributed by atoms with E-state index in [1.807, 2.05) is 30.3 Å². The summed E-state index contributed by atoms with van der Waals surface area (Å²) in [7, 11) is 0. The van der Waals surface area contributed by atoms with E-state index in [9.17, 15) is 25.2 Å². The van der Waals surface area contributed by atoms with Crippen molar-refractivity contribution in [1.82, 2.24) is 0 Å². The maximum absolute atomic E-state index is 12.0. The first-order valence-corrected chi connectivity index (χ1v) is 9.24. The van der Waals surface area contributed by atoms with Crippen molar-refractivity contribution >= 4 is 39.9 Å². The number of nitrogens with zero attached hydrogens (tertiary/aromatic N) is 1. The maximum Gasteiger partial charge on any atom is 0.285 e. The minimum atomic E-state index is -1.45. The second-order valence-corrected chi connectivity index (χ2v) is 7.90. The zero-order chi connectivity index (χ0) is 18.0. The maximum atomic E-state index is 12.0. The number of aliphatic imine (C=N–C) groups is 1. The van der Waals surface area contributed by atoms with E-state index >= 15 is 0 Å². The molecule has 0 aromatic heterocycles. The molecule has 2 aliphatic rings. The molecule has 25 heavy (non-hydrogen) atoms. The number of rotatable bonds is 3. The Hall–Kier alpha value is -1.20. The summed E-state index contributed by atoms with van der Waals surface area (Å²) in [6.07, 6.45) is -3.51. The number of hydrogen-bond acceptors (Lipinski definition) is 8. The van der Waals surface area contributed by atoms with Gasteiger partial charge >= 0.3 is 0 Å². The Balaban J connectivity index is 1.68. The summed E-state index contributed by atoms with van der Waals surface area (Å²) in [6.45, 7) is -0.500. The molecule has 0 radical (unpaired) electrons. The average molecular weight is 383 g/mol. The van der Waals surface area contributed by atoms with Crippen LogP contribution in [-0.4, -0.2) is 67.2 Å². The van der Waals surface area contributed by atoms with Gasteiger partial charge in [-0.3, -0.25) is 4.79 Å². The number of thioether (sulfide) groups is 2. The third-order valence-corrected chi connectivity index (χ3v) is 6.00. The minimum absolute atomic E-state index is 0.372. The Kier molecular flexibility index (Phi) is 5.95. The van der Waals surface area contributed by atoms with E-state index in [2.05, 4.69) is 4.99 Å². The van der Waals surface area contributed by atoms with Crippen LogP contribution in [0.15, 0.2) is 40.2 Å². The van der Waals surface area contributed by atoms with Crippen molar-refractivity contribution in [3.63, 3.8) is 0 Å². The Morgan fingerprint density at radius 1 is 1.16 bits per heavy atom. The number of aliphatic hydroxyl groups excluding tert-OH is 4. The van der Waals surface area contributed by atoms with E-state index in [0.29, 0.717) is 9.28 Å². The zero-order valence-electron chi connectivity index (χ0n) is 12.9. The first kappa shape index (κ1) is 18.6. The number of amides is 1. The van der Waals surface area contributed by atoms with E-state index in [1.54, 1.807) is 6.08 Å². The van der Waals surface area contributed by atoms with Gasteiger partial charge in [-0.25, -0.2) is 0 Å². The highest BCUT2D eigenvalue weighted by molar-refractivity contribution is 8.41. The Morgan fingerprint density at radius 3 is 2.56 bits per heavy atom. The normalized spacial score (nSPS) is 34.4. The van der Waals surface area contributed by atoms with Gasteiger partial charge in [0.1, 0.15) is 34.2 Å². The van der Waals surface area contributed by atoms with Crippen LogP contribution >= 0.6 is 23.5 Å². The van der Waals surface area contributed by atoms with Crippen LogP contribution in [0, 0.1) is 0 Å². The van der Waals surface area contributed by atoms with E-state index in [-0.39, 0.29) is 5.91 Å². The largest absolute Gasteiger partial charge is 0.394 e. The van der Waals surface area contributed by atoms with Crippen molar-refractivity contribution in [3.05, 3.63) is 40.8 Å². The van der Waals surface area contributed by atoms with Crippen LogP contribution in [0.3, 0.4) is 0 Å². The predicted octanol–water partition coefficient (Wildman–Crippen LogP) is 0.190. The Labute approximate surface area is 152 Å². The number of ether oxygens (including phenoxy) is 1. The van der Waals surface area contributed by atoms with Gasteiger partial charge in [0.15, 0.2) is 0 Å². The van der Waals surface area contributed by atoms with E-state index in [1.165, 1.54) is 0 Å². The summed E-state index contributed by atoms with van der Waals surface area (Å²) in [4.78, 5) is 16.4. The van der Waals surface area contributed by atoms with Crippen molar-refractivity contribution < 1.29 is 30.0 Å². The van der Waals surface area contributed by atoms with Crippen LogP contribution in [0.5, 0.6) is 0 Å². The summed E-state index contributed by atoms with van der Waals surface area (Å²) in [5.41, 5.74) is -0.0849. The lowest BCUT2D eigenvalue weighted by Gasteiger charge is -2.39. The monoisotopic (exact) mass is 383 g/mol. The average Bonchev–Trinajstić information content (AvgIpc) is 2.95. The van der Waals surface area contributed by atoms with Gasteiger partial charge in [0.05, 0.1) is 11.5 Å². The summed E-state index contributed by atoms with van der Waals surface area (Å²) in [5.74, 6) is -0.388. The number of carbonyl (C=O) groups excluding carboxylic acids is 1. The third kappa shape index (κ3) is 4.14. The van der Waals surface area contributed by atoms with Crippen molar-refractivity contribution in [1.29, 1.82) is 0 Å². The van der Waals surface area contributed by atoms with Crippen molar-refractivity contribution in [2.45, 2.75) is 29.9 Å². The number of benzene rings is 1. The molecular formula is C16H17NO6S2. The van der Waals surface area contributed by atoms with Crippen LogP contribution < -0.4 is 0 Å². The van der Waals surface area contributed by atoms with Crippen LogP contribution in [0.25, 0.3) is 6.08 Å². The second-order valence-electron chi connectivity index (χ2n) is 5.52. The minimum Gasteiger partial charge on any atom is -0.394 e. The molecule has 0 saturated carbocycles. The molecule has 1 aromatic carbocycles. The Bertz CT molecular complexity index is 693. The summed E-state index contributed by atoms with van der Waals surface area (Å²) in [6, 6.07) is 9.33. The molecule has 1 saturated heterocycles. The summed E-state index contributed by atoms with van der Waals surface area (Å²) in [5, 5.41) is 38.8. The molecule has 9 heteroatoms. The van der Waals surface area contributed by atoms with Crippen LogP contribution in [-0.2, 0) is 9.53 Å². The van der Waals surface area contributed by atoms with Crippen LogP contribution in [0.2, 0.25) is 0 Å². The SMILES string of the molecule is O=C1N=C(SC2OC(CO)C(O)C(O)C2O)S/C1=C\c1ccccc1. The fourth-order valence-corrected chi connectivity index (χ4v) is 4.63. The highest BCUT2D eigenvalue weighted by atomic mass is 32.2.